The molecule has 100 valence electrons. The molecule has 0 aromatic heterocycles. The van der Waals surface area contributed by atoms with Crippen LogP contribution in [0.25, 0.3) is 0 Å². The van der Waals surface area contributed by atoms with Gasteiger partial charge in [0.25, 0.3) is 5.91 Å². The van der Waals surface area contributed by atoms with E-state index in [2.05, 4.69) is 5.32 Å². The molecule has 0 fully saturated rings. The summed E-state index contributed by atoms with van der Waals surface area (Å²) in [4.78, 5) is 12.9. The highest BCUT2D eigenvalue weighted by atomic mass is 35.5. The highest BCUT2D eigenvalue weighted by Crippen LogP contribution is 2.22. The first kappa shape index (κ1) is 15.3. The van der Waals surface area contributed by atoms with Crippen molar-refractivity contribution in [1.82, 2.24) is 5.32 Å². The molecule has 1 atom stereocenters. The maximum atomic E-state index is 11.9. The highest BCUT2D eigenvalue weighted by molar-refractivity contribution is 7.98. The minimum Gasteiger partial charge on any atom is -0.393 e. The van der Waals surface area contributed by atoms with Gasteiger partial charge in [-0.3, -0.25) is 4.79 Å². The molecule has 0 aliphatic heterocycles. The molecule has 0 bridgehead atoms. The molecule has 1 amide bonds. The molecule has 0 saturated heterocycles. The van der Waals surface area contributed by atoms with Crippen LogP contribution >= 0.6 is 23.4 Å². The molecule has 5 heteroatoms. The number of carbonyl (C=O) groups is 1. The minimum absolute atomic E-state index is 0.195. The number of hydrogen-bond donors (Lipinski definition) is 2. The van der Waals surface area contributed by atoms with Gasteiger partial charge in [0.1, 0.15) is 0 Å². The van der Waals surface area contributed by atoms with Crippen molar-refractivity contribution in [2.45, 2.75) is 30.8 Å². The van der Waals surface area contributed by atoms with E-state index in [-0.39, 0.29) is 12.0 Å². The van der Waals surface area contributed by atoms with Crippen LogP contribution in [-0.4, -0.2) is 29.9 Å². The predicted octanol–water partition coefficient (Wildman–Crippen LogP) is 2.95. The SMILES string of the molecule is CCC(O)CCNC(=O)c1cc(SC)ccc1Cl. The fraction of sp³-hybridized carbons (Fsp3) is 0.462. The summed E-state index contributed by atoms with van der Waals surface area (Å²) in [6.45, 7) is 2.36. The number of benzene rings is 1. The number of thioether (sulfide) groups is 1. The van der Waals surface area contributed by atoms with Gasteiger partial charge in [0.05, 0.1) is 16.7 Å². The fourth-order valence-corrected chi connectivity index (χ4v) is 2.10. The Hall–Kier alpha value is -0.710. The fourth-order valence-electron chi connectivity index (χ4n) is 1.46. The van der Waals surface area contributed by atoms with Crippen LogP contribution in [0.2, 0.25) is 5.02 Å². The van der Waals surface area contributed by atoms with Crippen molar-refractivity contribution in [2.24, 2.45) is 0 Å². The molecule has 2 N–H and O–H groups in total. The molecule has 0 saturated carbocycles. The standard InChI is InChI=1S/C13H18ClNO2S/c1-3-9(16)6-7-15-13(17)11-8-10(18-2)4-5-12(11)14/h4-5,8-9,16H,3,6-7H2,1-2H3,(H,15,17). The van der Waals surface area contributed by atoms with E-state index in [1.54, 1.807) is 23.9 Å². The summed E-state index contributed by atoms with van der Waals surface area (Å²) < 4.78 is 0. The van der Waals surface area contributed by atoms with E-state index < -0.39 is 0 Å². The van der Waals surface area contributed by atoms with Gasteiger partial charge in [0, 0.05) is 11.4 Å². The van der Waals surface area contributed by atoms with Crippen LogP contribution in [0.15, 0.2) is 23.1 Å². The Labute approximate surface area is 117 Å². The number of aliphatic hydroxyl groups excluding tert-OH is 1. The molecule has 1 rings (SSSR count). The molecule has 0 aliphatic rings. The Morgan fingerprint density at radius 1 is 1.56 bits per heavy atom. The summed E-state index contributed by atoms with van der Waals surface area (Å²) >= 11 is 7.56. The van der Waals surface area contributed by atoms with Crippen LogP contribution in [0.5, 0.6) is 0 Å². The lowest BCUT2D eigenvalue weighted by Crippen LogP contribution is -2.27. The van der Waals surface area contributed by atoms with E-state index in [4.69, 9.17) is 11.6 Å². The van der Waals surface area contributed by atoms with Gasteiger partial charge in [0.15, 0.2) is 0 Å². The number of amides is 1. The lowest BCUT2D eigenvalue weighted by atomic mass is 10.2. The summed E-state index contributed by atoms with van der Waals surface area (Å²) in [5.74, 6) is -0.195. The van der Waals surface area contributed by atoms with E-state index in [0.29, 0.717) is 30.0 Å². The van der Waals surface area contributed by atoms with E-state index in [9.17, 15) is 9.90 Å². The third-order valence-corrected chi connectivity index (χ3v) is 3.71. The van der Waals surface area contributed by atoms with Gasteiger partial charge in [-0.1, -0.05) is 18.5 Å². The number of hydrogen-bond acceptors (Lipinski definition) is 3. The third kappa shape index (κ3) is 4.52. The maximum absolute atomic E-state index is 11.9. The van der Waals surface area contributed by atoms with Crippen LogP contribution in [0.3, 0.4) is 0 Å². The molecular formula is C13H18ClNO2S. The number of halogens is 1. The van der Waals surface area contributed by atoms with Crippen molar-refractivity contribution < 1.29 is 9.90 Å². The van der Waals surface area contributed by atoms with Gasteiger partial charge in [0.2, 0.25) is 0 Å². The van der Waals surface area contributed by atoms with Gasteiger partial charge < -0.3 is 10.4 Å². The summed E-state index contributed by atoms with van der Waals surface area (Å²) in [5, 5.41) is 12.6. The Kier molecular flexibility index (Phi) is 6.54. The van der Waals surface area contributed by atoms with Gasteiger partial charge >= 0.3 is 0 Å². The van der Waals surface area contributed by atoms with Crippen molar-refractivity contribution in [3.05, 3.63) is 28.8 Å². The average molecular weight is 288 g/mol. The molecule has 1 aromatic carbocycles. The number of carbonyl (C=O) groups excluding carboxylic acids is 1. The molecule has 0 radical (unpaired) electrons. The van der Waals surface area contributed by atoms with Crippen LogP contribution in [0.4, 0.5) is 0 Å². The number of nitrogens with one attached hydrogen (secondary N) is 1. The number of rotatable bonds is 6. The van der Waals surface area contributed by atoms with Gasteiger partial charge in [-0.2, -0.15) is 0 Å². The Morgan fingerprint density at radius 3 is 2.89 bits per heavy atom. The lowest BCUT2D eigenvalue weighted by molar-refractivity contribution is 0.0942. The molecule has 3 nitrogen and oxygen atoms in total. The molecule has 1 aromatic rings. The Bertz CT molecular complexity index is 412. The molecule has 1 unspecified atom stereocenters. The average Bonchev–Trinajstić information content (AvgIpc) is 2.38. The first-order chi connectivity index (χ1) is 8.58. The first-order valence-electron chi connectivity index (χ1n) is 5.88. The van der Waals surface area contributed by atoms with Crippen molar-refractivity contribution in [1.29, 1.82) is 0 Å². The zero-order valence-corrected chi connectivity index (χ0v) is 12.1. The third-order valence-electron chi connectivity index (χ3n) is 2.65. The van der Waals surface area contributed by atoms with Crippen molar-refractivity contribution >= 4 is 29.3 Å². The van der Waals surface area contributed by atoms with Crippen molar-refractivity contribution in [2.75, 3.05) is 12.8 Å². The highest BCUT2D eigenvalue weighted by Gasteiger charge is 2.11. The normalized spacial score (nSPS) is 12.2. The zero-order chi connectivity index (χ0) is 13.5. The first-order valence-corrected chi connectivity index (χ1v) is 7.48. The van der Waals surface area contributed by atoms with Gasteiger partial charge in [-0.05, 0) is 37.3 Å². The van der Waals surface area contributed by atoms with Crippen LogP contribution < -0.4 is 5.32 Å². The zero-order valence-electron chi connectivity index (χ0n) is 10.6. The predicted molar refractivity (Wildman–Crippen MR) is 76.5 cm³/mol. The summed E-state index contributed by atoms with van der Waals surface area (Å²) in [7, 11) is 0. The van der Waals surface area contributed by atoms with Gasteiger partial charge in [-0.15, -0.1) is 11.8 Å². The minimum atomic E-state index is -0.363. The Balaban J connectivity index is 2.61. The maximum Gasteiger partial charge on any atom is 0.252 e. The molecule has 18 heavy (non-hydrogen) atoms. The van der Waals surface area contributed by atoms with Crippen LogP contribution in [0, 0.1) is 0 Å². The van der Waals surface area contributed by atoms with Crippen LogP contribution in [0.1, 0.15) is 30.1 Å². The molecular weight excluding hydrogens is 270 g/mol. The molecule has 0 aliphatic carbocycles. The monoisotopic (exact) mass is 287 g/mol. The van der Waals surface area contributed by atoms with E-state index >= 15 is 0 Å². The van der Waals surface area contributed by atoms with Gasteiger partial charge in [-0.25, -0.2) is 0 Å². The van der Waals surface area contributed by atoms with Crippen molar-refractivity contribution in [3.8, 4) is 0 Å². The Morgan fingerprint density at radius 2 is 2.28 bits per heavy atom. The summed E-state index contributed by atoms with van der Waals surface area (Å²) in [6.07, 6.45) is 2.83. The second-order valence-corrected chi connectivity index (χ2v) is 5.24. The second kappa shape index (κ2) is 7.67. The smallest absolute Gasteiger partial charge is 0.252 e. The van der Waals surface area contributed by atoms with Crippen LogP contribution in [-0.2, 0) is 0 Å². The van der Waals surface area contributed by atoms with Crippen molar-refractivity contribution in [3.63, 3.8) is 0 Å². The van der Waals surface area contributed by atoms with E-state index in [1.165, 1.54) is 0 Å². The lowest BCUT2D eigenvalue weighted by Gasteiger charge is -2.10. The largest absolute Gasteiger partial charge is 0.393 e. The number of aliphatic hydroxyl groups is 1. The summed E-state index contributed by atoms with van der Waals surface area (Å²) in [6, 6.07) is 5.38. The quantitative estimate of drug-likeness (QED) is 0.791. The topological polar surface area (TPSA) is 49.3 Å². The van der Waals surface area contributed by atoms with E-state index in [0.717, 1.165) is 4.90 Å². The second-order valence-electron chi connectivity index (χ2n) is 3.95. The summed E-state index contributed by atoms with van der Waals surface area (Å²) in [5.41, 5.74) is 0.481. The van der Waals surface area contributed by atoms with E-state index in [1.807, 2.05) is 19.2 Å². The molecule has 0 spiro atoms. The molecule has 0 heterocycles.